The van der Waals surface area contributed by atoms with Crippen LogP contribution in [0.2, 0.25) is 0 Å². The standard InChI is InChI=1S/C7H14N2O4S/c1-6-5-8(7(10)11)3-4-9(6)14(2,12)13/h6H,3-5H2,1-2H3,(H,10,11). The first kappa shape index (κ1) is 11.3. The van der Waals surface area contributed by atoms with E-state index in [0.29, 0.717) is 0 Å². The van der Waals surface area contributed by atoms with E-state index in [1.54, 1.807) is 6.92 Å². The molecule has 1 saturated heterocycles. The molecule has 1 aliphatic rings. The van der Waals surface area contributed by atoms with Crippen LogP contribution in [0.15, 0.2) is 0 Å². The van der Waals surface area contributed by atoms with E-state index in [9.17, 15) is 13.2 Å². The van der Waals surface area contributed by atoms with E-state index in [0.717, 1.165) is 6.26 Å². The van der Waals surface area contributed by atoms with Crippen molar-refractivity contribution in [1.82, 2.24) is 9.21 Å². The van der Waals surface area contributed by atoms with Crippen molar-refractivity contribution in [3.8, 4) is 0 Å². The number of piperazine rings is 1. The maximum Gasteiger partial charge on any atom is 0.407 e. The van der Waals surface area contributed by atoms with Gasteiger partial charge in [-0.15, -0.1) is 0 Å². The van der Waals surface area contributed by atoms with Crippen LogP contribution in [-0.4, -0.2) is 60.8 Å². The van der Waals surface area contributed by atoms with Crippen molar-refractivity contribution in [2.75, 3.05) is 25.9 Å². The van der Waals surface area contributed by atoms with E-state index in [2.05, 4.69) is 0 Å². The van der Waals surface area contributed by atoms with Crippen molar-refractivity contribution >= 4 is 16.1 Å². The minimum atomic E-state index is -3.21. The van der Waals surface area contributed by atoms with Crippen molar-refractivity contribution in [1.29, 1.82) is 0 Å². The summed E-state index contributed by atoms with van der Waals surface area (Å²) >= 11 is 0. The molecule has 6 nitrogen and oxygen atoms in total. The van der Waals surface area contributed by atoms with Gasteiger partial charge in [0, 0.05) is 25.7 Å². The Bertz CT molecular complexity index is 327. The van der Waals surface area contributed by atoms with Gasteiger partial charge in [-0.25, -0.2) is 13.2 Å². The summed E-state index contributed by atoms with van der Waals surface area (Å²) in [5.74, 6) is 0. The SMILES string of the molecule is CC1CN(C(=O)O)CCN1S(C)(=O)=O. The topological polar surface area (TPSA) is 77.9 Å². The maximum atomic E-state index is 11.2. The van der Waals surface area contributed by atoms with E-state index in [-0.39, 0.29) is 25.7 Å². The molecule has 0 aromatic rings. The zero-order valence-corrected chi connectivity index (χ0v) is 8.99. The molecule has 7 heteroatoms. The summed E-state index contributed by atoms with van der Waals surface area (Å²) in [4.78, 5) is 11.8. The number of carbonyl (C=O) groups is 1. The summed E-state index contributed by atoms with van der Waals surface area (Å²) in [5, 5.41) is 8.70. The van der Waals surface area contributed by atoms with Gasteiger partial charge < -0.3 is 10.0 Å². The first-order valence-corrected chi connectivity index (χ1v) is 6.12. The maximum absolute atomic E-state index is 11.2. The average molecular weight is 222 g/mol. The predicted molar refractivity (Wildman–Crippen MR) is 50.6 cm³/mol. The summed E-state index contributed by atoms with van der Waals surface area (Å²) in [6.07, 6.45) is 0.143. The van der Waals surface area contributed by atoms with Crippen LogP contribution < -0.4 is 0 Å². The minimum absolute atomic E-state index is 0.238. The molecule has 1 unspecified atom stereocenters. The van der Waals surface area contributed by atoms with Gasteiger partial charge in [0.25, 0.3) is 0 Å². The fourth-order valence-electron chi connectivity index (χ4n) is 1.61. The number of nitrogens with zero attached hydrogens (tertiary/aromatic N) is 2. The molecule has 0 spiro atoms. The predicted octanol–water partition coefficient (Wildman–Crippen LogP) is -0.370. The van der Waals surface area contributed by atoms with E-state index < -0.39 is 16.1 Å². The molecule has 0 aliphatic carbocycles. The summed E-state index contributed by atoms with van der Waals surface area (Å²) in [6, 6.07) is -0.283. The second kappa shape index (κ2) is 3.74. The van der Waals surface area contributed by atoms with Crippen LogP contribution in [0.25, 0.3) is 0 Å². The Morgan fingerprint density at radius 2 is 2.00 bits per heavy atom. The van der Waals surface area contributed by atoms with Gasteiger partial charge in [-0.05, 0) is 6.92 Å². The van der Waals surface area contributed by atoms with Crippen LogP contribution in [0.1, 0.15) is 6.92 Å². The lowest BCUT2D eigenvalue weighted by molar-refractivity contribution is 0.109. The van der Waals surface area contributed by atoms with Gasteiger partial charge in [0.05, 0.1) is 6.26 Å². The van der Waals surface area contributed by atoms with Gasteiger partial charge in [0.15, 0.2) is 0 Å². The molecule has 1 rings (SSSR count). The number of sulfonamides is 1. The Morgan fingerprint density at radius 3 is 2.36 bits per heavy atom. The Kier molecular flexibility index (Phi) is 3.01. The van der Waals surface area contributed by atoms with Gasteiger partial charge in [-0.1, -0.05) is 0 Å². The molecule has 14 heavy (non-hydrogen) atoms. The lowest BCUT2D eigenvalue weighted by Crippen LogP contribution is -2.54. The molecular formula is C7H14N2O4S. The van der Waals surface area contributed by atoms with Crippen LogP contribution in [-0.2, 0) is 10.0 Å². The van der Waals surface area contributed by atoms with Gasteiger partial charge in [0.2, 0.25) is 10.0 Å². The zero-order valence-electron chi connectivity index (χ0n) is 8.17. The van der Waals surface area contributed by atoms with Crippen LogP contribution in [0.3, 0.4) is 0 Å². The second-order valence-corrected chi connectivity index (χ2v) is 5.39. The van der Waals surface area contributed by atoms with Crippen molar-refractivity contribution in [2.45, 2.75) is 13.0 Å². The average Bonchev–Trinajstić information content (AvgIpc) is 2.01. The molecular weight excluding hydrogens is 208 g/mol. The summed E-state index contributed by atoms with van der Waals surface area (Å²) < 4.78 is 23.8. The zero-order chi connectivity index (χ0) is 10.9. The molecule has 1 amide bonds. The molecule has 1 heterocycles. The highest BCUT2D eigenvalue weighted by atomic mass is 32.2. The molecule has 82 valence electrons. The Labute approximate surface area is 83.2 Å². The van der Waals surface area contributed by atoms with Gasteiger partial charge in [-0.3, -0.25) is 0 Å². The van der Waals surface area contributed by atoms with Crippen LogP contribution in [0, 0.1) is 0 Å². The Hall–Kier alpha value is -0.820. The summed E-state index contributed by atoms with van der Waals surface area (Å²) in [7, 11) is -3.21. The van der Waals surface area contributed by atoms with Crippen LogP contribution in [0.4, 0.5) is 4.79 Å². The molecule has 0 aromatic carbocycles. The van der Waals surface area contributed by atoms with Crippen LogP contribution >= 0.6 is 0 Å². The highest BCUT2D eigenvalue weighted by Gasteiger charge is 2.31. The largest absolute Gasteiger partial charge is 0.465 e. The van der Waals surface area contributed by atoms with Crippen molar-refractivity contribution < 1.29 is 18.3 Å². The summed E-state index contributed by atoms with van der Waals surface area (Å²) in [5.41, 5.74) is 0. The fraction of sp³-hybridized carbons (Fsp3) is 0.857. The highest BCUT2D eigenvalue weighted by Crippen LogP contribution is 2.12. The summed E-state index contributed by atoms with van der Waals surface area (Å²) in [6.45, 7) is 2.43. The molecule has 0 saturated carbocycles. The van der Waals surface area contributed by atoms with Gasteiger partial charge >= 0.3 is 6.09 Å². The molecule has 0 radical (unpaired) electrons. The number of amides is 1. The third kappa shape index (κ3) is 2.36. The van der Waals surface area contributed by atoms with E-state index in [4.69, 9.17) is 5.11 Å². The lowest BCUT2D eigenvalue weighted by Gasteiger charge is -2.36. The molecule has 1 N–H and O–H groups in total. The monoisotopic (exact) mass is 222 g/mol. The third-order valence-electron chi connectivity index (χ3n) is 2.26. The normalized spacial score (nSPS) is 25.0. The minimum Gasteiger partial charge on any atom is -0.465 e. The molecule has 0 aromatic heterocycles. The number of rotatable bonds is 1. The highest BCUT2D eigenvalue weighted by molar-refractivity contribution is 7.88. The van der Waals surface area contributed by atoms with Gasteiger partial charge in [0.1, 0.15) is 0 Å². The Morgan fingerprint density at radius 1 is 1.43 bits per heavy atom. The molecule has 1 atom stereocenters. The van der Waals surface area contributed by atoms with Crippen LogP contribution in [0.5, 0.6) is 0 Å². The quantitative estimate of drug-likeness (QED) is 0.656. The fourth-order valence-corrected chi connectivity index (χ4v) is 2.74. The molecule has 1 fully saturated rings. The first-order valence-electron chi connectivity index (χ1n) is 4.27. The van der Waals surface area contributed by atoms with E-state index in [1.165, 1.54) is 9.21 Å². The van der Waals surface area contributed by atoms with E-state index >= 15 is 0 Å². The smallest absolute Gasteiger partial charge is 0.407 e. The van der Waals surface area contributed by atoms with Gasteiger partial charge in [-0.2, -0.15) is 4.31 Å². The lowest BCUT2D eigenvalue weighted by atomic mass is 10.2. The molecule has 1 aliphatic heterocycles. The second-order valence-electron chi connectivity index (χ2n) is 3.45. The first-order chi connectivity index (χ1) is 6.32. The number of hydrogen-bond donors (Lipinski definition) is 1. The van der Waals surface area contributed by atoms with Crippen molar-refractivity contribution in [3.63, 3.8) is 0 Å². The molecule has 0 bridgehead atoms. The van der Waals surface area contributed by atoms with Crippen molar-refractivity contribution in [3.05, 3.63) is 0 Å². The Balaban J connectivity index is 2.70. The van der Waals surface area contributed by atoms with E-state index in [1.807, 2.05) is 0 Å². The third-order valence-corrected chi connectivity index (χ3v) is 3.66. The number of hydrogen-bond acceptors (Lipinski definition) is 3. The van der Waals surface area contributed by atoms with Crippen molar-refractivity contribution in [2.24, 2.45) is 0 Å². The number of carboxylic acid groups (broad SMARTS) is 1.